The molecule has 1 aliphatic heterocycles. The van der Waals surface area contributed by atoms with E-state index in [1.807, 2.05) is 43.3 Å². The van der Waals surface area contributed by atoms with E-state index in [9.17, 15) is 31.9 Å². The number of aliphatic hydroxyl groups excluding tert-OH is 1. The van der Waals surface area contributed by atoms with Crippen molar-refractivity contribution in [3.05, 3.63) is 146 Å². The van der Waals surface area contributed by atoms with Gasteiger partial charge in [0.25, 0.3) is 5.91 Å². The third-order valence-electron chi connectivity index (χ3n) is 8.62. The predicted octanol–water partition coefficient (Wildman–Crippen LogP) is 8.47. The summed E-state index contributed by atoms with van der Waals surface area (Å²) in [5.74, 6) is -12.8. The molecule has 0 aliphatic carbocycles. The Hall–Kier alpha value is -4.33. The zero-order valence-corrected chi connectivity index (χ0v) is 27.7. The first kappa shape index (κ1) is 35.5. The van der Waals surface area contributed by atoms with Crippen LogP contribution in [0.25, 0.3) is 11.1 Å². The number of hydrogen-bond acceptors (Lipinski definition) is 5. The summed E-state index contributed by atoms with van der Waals surface area (Å²) in [4.78, 5) is 16.7. The van der Waals surface area contributed by atoms with E-state index in [1.54, 1.807) is 41.0 Å². The highest BCUT2D eigenvalue weighted by molar-refractivity contribution is 6.40. The third-order valence-corrected chi connectivity index (χ3v) is 9.39. The molecule has 2 N–H and O–H groups in total. The Labute approximate surface area is 293 Å². The van der Waals surface area contributed by atoms with Gasteiger partial charge in [0.2, 0.25) is 5.82 Å². The minimum Gasteiger partial charge on any atom is -0.392 e. The fourth-order valence-electron chi connectivity index (χ4n) is 5.84. The molecule has 0 spiro atoms. The number of rotatable bonds is 9. The minimum atomic E-state index is -2.35. The van der Waals surface area contributed by atoms with Crippen LogP contribution in [-0.4, -0.2) is 26.7 Å². The molecule has 0 saturated carbocycles. The fraction of sp³-hybridized carbons (Fsp3) is 0.222. The highest BCUT2D eigenvalue weighted by atomic mass is 35.5. The first-order valence-electron chi connectivity index (χ1n) is 15.3. The summed E-state index contributed by atoms with van der Waals surface area (Å²) in [6, 6.07) is 21.5. The number of amides is 1. The number of aliphatic hydroxyl groups is 1. The summed E-state index contributed by atoms with van der Waals surface area (Å²) in [5, 5.41) is 12.2. The number of nitrogens with one attached hydrogen (secondary N) is 1. The number of imidazole rings is 1. The van der Waals surface area contributed by atoms with Crippen molar-refractivity contribution in [1.29, 1.82) is 0 Å². The molecular formula is C36H28Cl2F5N3O4. The third kappa shape index (κ3) is 6.99. The molecule has 1 fully saturated rings. The number of ether oxygens (including phenoxy) is 2. The Kier molecular flexibility index (Phi) is 10.6. The van der Waals surface area contributed by atoms with Crippen LogP contribution >= 0.6 is 23.2 Å². The molecule has 5 aromatic rings. The molecule has 260 valence electrons. The van der Waals surface area contributed by atoms with Gasteiger partial charge in [-0.2, -0.15) is 0 Å². The highest BCUT2D eigenvalue weighted by Crippen LogP contribution is 2.43. The Morgan fingerprint density at radius 2 is 1.48 bits per heavy atom. The van der Waals surface area contributed by atoms with Crippen molar-refractivity contribution in [2.24, 2.45) is 5.92 Å². The SMILES string of the molecule is C[C@@H]1[C@H](Cn2cnc(Cl)c2Cl)O[C@H](c2ccc(-c3ccccc3CNC(=O)c3c(F)c(F)c(F)c(F)c3F)cc2)O[C@@H]1c1ccc(CO)cc1. The molecule has 0 bridgehead atoms. The maximum atomic E-state index is 14.2. The van der Waals surface area contributed by atoms with E-state index in [4.69, 9.17) is 32.7 Å². The number of carbonyl (C=O) groups is 1. The number of halogens is 7. The molecule has 0 unspecified atom stereocenters. The van der Waals surface area contributed by atoms with Gasteiger partial charge in [-0.05, 0) is 27.8 Å². The smallest absolute Gasteiger partial charge is 0.257 e. The Morgan fingerprint density at radius 1 is 0.860 bits per heavy atom. The Balaban J connectivity index is 1.24. The topological polar surface area (TPSA) is 85.6 Å². The van der Waals surface area contributed by atoms with Gasteiger partial charge < -0.3 is 24.5 Å². The summed E-state index contributed by atoms with van der Waals surface area (Å²) >= 11 is 12.5. The van der Waals surface area contributed by atoms with Crippen LogP contribution < -0.4 is 5.32 Å². The summed E-state index contributed by atoms with van der Waals surface area (Å²) in [7, 11) is 0. The summed E-state index contributed by atoms with van der Waals surface area (Å²) in [6.45, 7) is 1.97. The fourth-order valence-corrected chi connectivity index (χ4v) is 6.15. The quantitative estimate of drug-likeness (QED) is 0.0903. The summed E-state index contributed by atoms with van der Waals surface area (Å²) in [6.07, 6.45) is -0.0538. The van der Waals surface area contributed by atoms with Crippen molar-refractivity contribution in [3.63, 3.8) is 0 Å². The van der Waals surface area contributed by atoms with Gasteiger partial charge in [-0.3, -0.25) is 4.79 Å². The van der Waals surface area contributed by atoms with Crippen molar-refractivity contribution >= 4 is 29.1 Å². The van der Waals surface area contributed by atoms with E-state index < -0.39 is 53.0 Å². The maximum Gasteiger partial charge on any atom is 0.257 e. The molecule has 1 aromatic heterocycles. The Morgan fingerprint density at radius 3 is 2.10 bits per heavy atom. The monoisotopic (exact) mass is 731 g/mol. The van der Waals surface area contributed by atoms with E-state index in [2.05, 4.69) is 10.3 Å². The molecule has 50 heavy (non-hydrogen) atoms. The first-order valence-corrected chi connectivity index (χ1v) is 16.1. The van der Waals surface area contributed by atoms with E-state index in [0.29, 0.717) is 28.8 Å². The predicted molar refractivity (Wildman–Crippen MR) is 174 cm³/mol. The first-order chi connectivity index (χ1) is 24.0. The molecule has 1 saturated heterocycles. The molecule has 4 atom stereocenters. The molecule has 0 radical (unpaired) electrons. The molecule has 1 aliphatic rings. The molecule has 14 heteroatoms. The lowest BCUT2D eigenvalue weighted by Gasteiger charge is -2.41. The van der Waals surface area contributed by atoms with E-state index in [-0.39, 0.29) is 35.5 Å². The van der Waals surface area contributed by atoms with Crippen LogP contribution in [0.3, 0.4) is 0 Å². The molecule has 1 amide bonds. The summed E-state index contributed by atoms with van der Waals surface area (Å²) in [5.41, 5.74) is 2.63. The van der Waals surface area contributed by atoms with Gasteiger partial charge in [-0.15, -0.1) is 0 Å². The number of carbonyl (C=O) groups excluding carboxylic acids is 1. The second-order valence-electron chi connectivity index (χ2n) is 11.7. The number of aromatic nitrogens is 2. The van der Waals surface area contributed by atoms with Gasteiger partial charge in [0.1, 0.15) is 10.7 Å². The molecule has 6 rings (SSSR count). The average molecular weight is 733 g/mol. The van der Waals surface area contributed by atoms with Crippen molar-refractivity contribution in [2.45, 2.75) is 45.1 Å². The number of hydrogen-bond donors (Lipinski definition) is 2. The van der Waals surface area contributed by atoms with Crippen LogP contribution in [0.5, 0.6) is 0 Å². The van der Waals surface area contributed by atoms with Crippen molar-refractivity contribution in [2.75, 3.05) is 0 Å². The maximum absolute atomic E-state index is 14.2. The van der Waals surface area contributed by atoms with Crippen LogP contribution in [0.1, 0.15) is 51.9 Å². The van der Waals surface area contributed by atoms with Crippen LogP contribution in [-0.2, 0) is 29.2 Å². The lowest BCUT2D eigenvalue weighted by Crippen LogP contribution is -2.39. The zero-order chi connectivity index (χ0) is 35.7. The average Bonchev–Trinajstić information content (AvgIpc) is 3.45. The highest BCUT2D eigenvalue weighted by Gasteiger charge is 2.39. The van der Waals surface area contributed by atoms with Crippen LogP contribution in [0, 0.1) is 35.0 Å². The summed E-state index contributed by atoms with van der Waals surface area (Å²) < 4.78 is 84.0. The normalized spacial score (nSPS) is 19.1. The largest absolute Gasteiger partial charge is 0.392 e. The van der Waals surface area contributed by atoms with Crippen LogP contribution in [0.15, 0.2) is 79.1 Å². The second kappa shape index (κ2) is 14.9. The van der Waals surface area contributed by atoms with Gasteiger partial charge in [0.05, 0.1) is 31.7 Å². The van der Waals surface area contributed by atoms with Gasteiger partial charge >= 0.3 is 0 Å². The standard InChI is InChI=1S/C36H28Cl2F5N3O4/c1-18-25(15-46-17-45-33(37)34(46)38)49-36(50-32(18)21-8-6-19(16-47)7-9-21)22-12-10-20(11-13-22)24-5-3-2-4-23(24)14-44-35(48)26-27(39)29(41)31(43)30(42)28(26)40/h2-13,17-18,25,32,36,47H,14-16H2,1H3,(H,44,48)/t18-,25+,32+,36+/m1/s1. The van der Waals surface area contributed by atoms with Crippen LogP contribution in [0.2, 0.25) is 10.3 Å². The van der Waals surface area contributed by atoms with E-state index in [1.165, 1.54) is 6.33 Å². The van der Waals surface area contributed by atoms with Gasteiger partial charge in [0, 0.05) is 18.0 Å². The lowest BCUT2D eigenvalue weighted by molar-refractivity contribution is -0.276. The minimum absolute atomic E-state index is 0.0945. The van der Waals surface area contributed by atoms with E-state index in [0.717, 1.165) is 11.1 Å². The second-order valence-corrected chi connectivity index (χ2v) is 12.4. The zero-order valence-electron chi connectivity index (χ0n) is 26.1. The van der Waals surface area contributed by atoms with Crippen LogP contribution in [0.4, 0.5) is 22.0 Å². The van der Waals surface area contributed by atoms with Crippen molar-refractivity contribution in [3.8, 4) is 11.1 Å². The molecule has 7 nitrogen and oxygen atoms in total. The van der Waals surface area contributed by atoms with Gasteiger partial charge in [0.15, 0.2) is 34.7 Å². The van der Waals surface area contributed by atoms with Crippen molar-refractivity contribution in [1.82, 2.24) is 14.9 Å². The van der Waals surface area contributed by atoms with Gasteiger partial charge in [-0.25, -0.2) is 26.9 Å². The molecule has 4 aromatic carbocycles. The van der Waals surface area contributed by atoms with Crippen molar-refractivity contribution < 1.29 is 41.3 Å². The lowest BCUT2D eigenvalue weighted by atomic mass is 9.90. The van der Waals surface area contributed by atoms with Gasteiger partial charge in [-0.1, -0.05) is 103 Å². The number of nitrogens with zero attached hydrogens (tertiary/aromatic N) is 2. The number of benzene rings is 4. The molecular weight excluding hydrogens is 704 g/mol. The van der Waals surface area contributed by atoms with E-state index >= 15 is 0 Å². The Bertz CT molecular complexity index is 2000. The molecule has 2 heterocycles.